The molecule has 0 N–H and O–H groups in total. The molecule has 1 fully saturated rings. The Morgan fingerprint density at radius 3 is 2.62 bits per heavy atom. The van der Waals surface area contributed by atoms with E-state index in [9.17, 15) is 13.2 Å². The van der Waals surface area contributed by atoms with Crippen molar-refractivity contribution in [3.63, 3.8) is 0 Å². The lowest BCUT2D eigenvalue weighted by Crippen LogP contribution is -2.37. The molecule has 0 unspecified atom stereocenters. The summed E-state index contributed by atoms with van der Waals surface area (Å²) in [6.45, 7) is 1.25. The number of nitrogens with zero attached hydrogens (tertiary/aromatic N) is 5. The number of aromatic nitrogens is 2. The van der Waals surface area contributed by atoms with Gasteiger partial charge in [0.25, 0.3) is 5.91 Å². The number of hydrogen-bond donors (Lipinski definition) is 0. The molecule has 8 nitrogen and oxygen atoms in total. The van der Waals surface area contributed by atoms with Gasteiger partial charge in [0, 0.05) is 38.6 Å². The van der Waals surface area contributed by atoms with Crippen LogP contribution in [0.1, 0.15) is 22.3 Å². The SMILES string of the molecule is N#Cc1cccc(S(=O)(=O)N2CCCN(C(=O)c3cncnc3)CC2)c1. The Morgan fingerprint density at radius 1 is 1.12 bits per heavy atom. The van der Waals surface area contributed by atoms with Gasteiger partial charge in [-0.3, -0.25) is 4.79 Å². The van der Waals surface area contributed by atoms with Gasteiger partial charge in [-0.15, -0.1) is 0 Å². The molecule has 0 bridgehead atoms. The first-order valence-corrected chi connectivity index (χ1v) is 9.51. The Labute approximate surface area is 151 Å². The monoisotopic (exact) mass is 371 g/mol. The number of nitriles is 1. The Morgan fingerprint density at radius 2 is 1.88 bits per heavy atom. The number of rotatable bonds is 3. The number of amides is 1. The van der Waals surface area contributed by atoms with Gasteiger partial charge in [0.2, 0.25) is 10.0 Å². The maximum Gasteiger partial charge on any atom is 0.257 e. The van der Waals surface area contributed by atoms with Crippen LogP contribution in [-0.4, -0.2) is 59.7 Å². The highest BCUT2D eigenvalue weighted by Gasteiger charge is 2.28. The highest BCUT2D eigenvalue weighted by Crippen LogP contribution is 2.19. The molecule has 1 aromatic carbocycles. The predicted octanol–water partition coefficient (Wildman–Crippen LogP) is 0.885. The topological polar surface area (TPSA) is 107 Å². The minimum atomic E-state index is -3.71. The molecule has 1 aliphatic heterocycles. The molecule has 2 aromatic rings. The third-order valence-corrected chi connectivity index (χ3v) is 6.05. The fourth-order valence-electron chi connectivity index (χ4n) is 2.80. The van der Waals surface area contributed by atoms with Gasteiger partial charge in [-0.2, -0.15) is 9.57 Å². The standard InChI is InChI=1S/C17H17N5O3S/c18-10-14-3-1-4-16(9-14)26(24,25)22-6-2-5-21(7-8-22)17(23)15-11-19-13-20-12-15/h1,3-4,9,11-13H,2,5-8H2. The summed E-state index contributed by atoms with van der Waals surface area (Å²) in [6.07, 6.45) is 4.77. The minimum absolute atomic E-state index is 0.0905. The number of carbonyl (C=O) groups excluding carboxylic acids is 1. The Bertz CT molecular complexity index is 940. The molecule has 1 aromatic heterocycles. The second-order valence-electron chi connectivity index (χ2n) is 5.82. The van der Waals surface area contributed by atoms with Gasteiger partial charge in [-0.25, -0.2) is 18.4 Å². The highest BCUT2D eigenvalue weighted by atomic mass is 32.2. The number of benzene rings is 1. The molecule has 1 amide bonds. The molecule has 0 radical (unpaired) electrons. The summed E-state index contributed by atoms with van der Waals surface area (Å²) in [5.74, 6) is -0.212. The molecule has 2 heterocycles. The molecule has 0 spiro atoms. The summed E-state index contributed by atoms with van der Waals surface area (Å²) in [5.41, 5.74) is 0.673. The van der Waals surface area contributed by atoms with Gasteiger partial charge in [0.15, 0.2) is 0 Å². The zero-order valence-electron chi connectivity index (χ0n) is 13.9. The first-order chi connectivity index (χ1) is 12.5. The zero-order chi connectivity index (χ0) is 18.6. The number of hydrogen-bond acceptors (Lipinski definition) is 6. The van der Waals surface area contributed by atoms with Crippen molar-refractivity contribution in [3.05, 3.63) is 54.1 Å². The van der Waals surface area contributed by atoms with Gasteiger partial charge in [0.1, 0.15) is 6.33 Å². The third kappa shape index (κ3) is 3.71. The number of sulfonamides is 1. The second-order valence-corrected chi connectivity index (χ2v) is 7.75. The first kappa shape index (κ1) is 18.0. The van der Waals surface area contributed by atoms with Crippen molar-refractivity contribution < 1.29 is 13.2 Å². The molecule has 26 heavy (non-hydrogen) atoms. The van der Waals surface area contributed by atoms with Crippen LogP contribution >= 0.6 is 0 Å². The van der Waals surface area contributed by atoms with E-state index in [1.54, 1.807) is 17.0 Å². The van der Waals surface area contributed by atoms with Crippen molar-refractivity contribution in [2.45, 2.75) is 11.3 Å². The average molecular weight is 371 g/mol. The fraction of sp³-hybridized carbons (Fsp3) is 0.294. The van der Waals surface area contributed by atoms with E-state index in [1.165, 1.54) is 35.2 Å². The lowest BCUT2D eigenvalue weighted by Gasteiger charge is -2.22. The molecule has 1 aliphatic rings. The van der Waals surface area contributed by atoms with E-state index in [1.807, 2.05) is 6.07 Å². The molecule has 1 saturated heterocycles. The van der Waals surface area contributed by atoms with E-state index in [2.05, 4.69) is 9.97 Å². The van der Waals surface area contributed by atoms with E-state index in [4.69, 9.17) is 5.26 Å². The molecule has 0 saturated carbocycles. The van der Waals surface area contributed by atoms with E-state index < -0.39 is 10.0 Å². The summed E-state index contributed by atoms with van der Waals surface area (Å²) >= 11 is 0. The predicted molar refractivity (Wildman–Crippen MR) is 92.5 cm³/mol. The summed E-state index contributed by atoms with van der Waals surface area (Å²) < 4.78 is 27.1. The van der Waals surface area contributed by atoms with Crippen LogP contribution in [0.15, 0.2) is 47.9 Å². The van der Waals surface area contributed by atoms with Crippen LogP contribution in [0.3, 0.4) is 0 Å². The first-order valence-electron chi connectivity index (χ1n) is 8.07. The minimum Gasteiger partial charge on any atom is -0.337 e. The van der Waals surface area contributed by atoms with Gasteiger partial charge in [-0.05, 0) is 24.6 Å². The van der Waals surface area contributed by atoms with Crippen LogP contribution in [0.4, 0.5) is 0 Å². The third-order valence-electron chi connectivity index (χ3n) is 4.15. The van der Waals surface area contributed by atoms with Crippen molar-refractivity contribution in [2.75, 3.05) is 26.2 Å². The average Bonchev–Trinajstić information content (AvgIpc) is 2.95. The van der Waals surface area contributed by atoms with Gasteiger partial charge < -0.3 is 4.90 Å². The van der Waals surface area contributed by atoms with Crippen LogP contribution in [0.5, 0.6) is 0 Å². The largest absolute Gasteiger partial charge is 0.337 e. The van der Waals surface area contributed by atoms with E-state index in [0.29, 0.717) is 30.6 Å². The quantitative estimate of drug-likeness (QED) is 0.793. The van der Waals surface area contributed by atoms with Crippen molar-refractivity contribution >= 4 is 15.9 Å². The van der Waals surface area contributed by atoms with Crippen molar-refractivity contribution in [1.29, 1.82) is 5.26 Å². The summed E-state index contributed by atoms with van der Waals surface area (Å²) in [6, 6.07) is 7.90. The smallest absolute Gasteiger partial charge is 0.257 e. The van der Waals surface area contributed by atoms with Gasteiger partial charge >= 0.3 is 0 Å². The molecule has 9 heteroatoms. The van der Waals surface area contributed by atoms with Gasteiger partial charge in [-0.1, -0.05) is 6.07 Å². The maximum absolute atomic E-state index is 12.8. The molecule has 0 aliphatic carbocycles. The van der Waals surface area contributed by atoms with Crippen LogP contribution < -0.4 is 0 Å². The maximum atomic E-state index is 12.8. The number of carbonyl (C=O) groups is 1. The normalized spacial score (nSPS) is 15.9. The summed E-state index contributed by atoms with van der Waals surface area (Å²) in [7, 11) is -3.71. The molecule has 3 rings (SSSR count). The Kier molecular flexibility index (Phi) is 5.25. The van der Waals surface area contributed by atoms with E-state index in [0.717, 1.165) is 0 Å². The zero-order valence-corrected chi connectivity index (χ0v) is 14.8. The molecule has 134 valence electrons. The van der Waals surface area contributed by atoms with Gasteiger partial charge in [0.05, 0.1) is 22.1 Å². The Hall–Kier alpha value is -2.83. The lowest BCUT2D eigenvalue weighted by molar-refractivity contribution is 0.0763. The summed E-state index contributed by atoms with van der Waals surface area (Å²) in [4.78, 5) is 21.9. The van der Waals surface area contributed by atoms with Crippen LogP contribution in [0.2, 0.25) is 0 Å². The van der Waals surface area contributed by atoms with E-state index in [-0.39, 0.29) is 23.9 Å². The van der Waals surface area contributed by atoms with Crippen LogP contribution in [0.25, 0.3) is 0 Å². The van der Waals surface area contributed by atoms with Crippen molar-refractivity contribution in [2.24, 2.45) is 0 Å². The molecular formula is C17H17N5O3S. The second kappa shape index (κ2) is 7.59. The van der Waals surface area contributed by atoms with Crippen LogP contribution in [0, 0.1) is 11.3 Å². The lowest BCUT2D eigenvalue weighted by atomic mass is 10.2. The fourth-order valence-corrected chi connectivity index (χ4v) is 4.32. The molecule has 0 atom stereocenters. The Balaban J connectivity index is 1.76. The van der Waals surface area contributed by atoms with Crippen LogP contribution in [-0.2, 0) is 10.0 Å². The van der Waals surface area contributed by atoms with E-state index >= 15 is 0 Å². The van der Waals surface area contributed by atoms with Crippen molar-refractivity contribution in [3.8, 4) is 6.07 Å². The highest BCUT2D eigenvalue weighted by molar-refractivity contribution is 7.89. The molecular weight excluding hydrogens is 354 g/mol. The summed E-state index contributed by atoms with van der Waals surface area (Å²) in [5, 5.41) is 8.97. The van der Waals surface area contributed by atoms with Crippen molar-refractivity contribution in [1.82, 2.24) is 19.2 Å².